The number of rotatable bonds is 7. The maximum absolute atomic E-state index is 13.1. The van der Waals surface area contributed by atoms with Gasteiger partial charge in [-0.1, -0.05) is 62.7 Å². The van der Waals surface area contributed by atoms with Crippen molar-refractivity contribution in [2.75, 3.05) is 14.1 Å². The fraction of sp³-hybridized carbons (Fsp3) is 0.364. The minimum Gasteiger partial charge on any atom is -0.355 e. The van der Waals surface area contributed by atoms with E-state index in [0.29, 0.717) is 12.1 Å². The minimum absolute atomic E-state index is 0.109. The predicted octanol–water partition coefficient (Wildman–Crippen LogP) is 3.83. The summed E-state index contributed by atoms with van der Waals surface area (Å²) in [7, 11) is 3.45. The molecular formula is C22H28N2O2. The molecule has 0 aliphatic heterocycles. The molecule has 0 unspecified atom stereocenters. The molecule has 0 heterocycles. The molecular weight excluding hydrogens is 324 g/mol. The lowest BCUT2D eigenvalue weighted by molar-refractivity contribution is -0.133. The Kier molecular flexibility index (Phi) is 6.96. The van der Waals surface area contributed by atoms with E-state index in [1.54, 1.807) is 24.1 Å². The SMILES string of the molecule is CC[C@@H](C)[C@H](C(=O)N(C)Cc1ccc(C(=O)NC)cc1)c1ccccc1. The average Bonchev–Trinajstić information content (AvgIpc) is 2.68. The zero-order valence-electron chi connectivity index (χ0n) is 16.0. The lowest BCUT2D eigenvalue weighted by Gasteiger charge is -2.28. The number of likely N-dealkylation sites (N-methyl/N-ethyl adjacent to an activating group) is 1. The summed E-state index contributed by atoms with van der Waals surface area (Å²) in [4.78, 5) is 26.5. The Labute approximate surface area is 156 Å². The number of carbonyl (C=O) groups is 2. The first-order valence-electron chi connectivity index (χ1n) is 9.08. The van der Waals surface area contributed by atoms with Crippen LogP contribution in [0.25, 0.3) is 0 Å². The number of nitrogens with zero attached hydrogens (tertiary/aromatic N) is 1. The van der Waals surface area contributed by atoms with Gasteiger partial charge in [-0.15, -0.1) is 0 Å². The van der Waals surface area contributed by atoms with E-state index in [1.807, 2.05) is 49.5 Å². The van der Waals surface area contributed by atoms with Gasteiger partial charge in [0.15, 0.2) is 0 Å². The zero-order valence-corrected chi connectivity index (χ0v) is 16.0. The molecule has 0 spiro atoms. The average molecular weight is 352 g/mol. The van der Waals surface area contributed by atoms with E-state index >= 15 is 0 Å². The fourth-order valence-electron chi connectivity index (χ4n) is 3.11. The monoisotopic (exact) mass is 352 g/mol. The Morgan fingerprint density at radius 2 is 1.65 bits per heavy atom. The van der Waals surface area contributed by atoms with Gasteiger partial charge >= 0.3 is 0 Å². The zero-order chi connectivity index (χ0) is 19.1. The van der Waals surface area contributed by atoms with E-state index < -0.39 is 0 Å². The number of hydrogen-bond acceptors (Lipinski definition) is 2. The lowest BCUT2D eigenvalue weighted by atomic mass is 9.84. The molecule has 4 heteroatoms. The summed E-state index contributed by atoms with van der Waals surface area (Å²) in [6.07, 6.45) is 0.944. The summed E-state index contributed by atoms with van der Waals surface area (Å²) in [5.41, 5.74) is 2.69. The highest BCUT2D eigenvalue weighted by molar-refractivity contribution is 5.94. The Hall–Kier alpha value is -2.62. The van der Waals surface area contributed by atoms with Gasteiger partial charge < -0.3 is 10.2 Å². The van der Waals surface area contributed by atoms with Gasteiger partial charge in [0.25, 0.3) is 5.91 Å². The quantitative estimate of drug-likeness (QED) is 0.823. The van der Waals surface area contributed by atoms with Gasteiger partial charge in [0.1, 0.15) is 0 Å². The van der Waals surface area contributed by atoms with Crippen molar-refractivity contribution in [2.24, 2.45) is 5.92 Å². The summed E-state index contributed by atoms with van der Waals surface area (Å²) in [5, 5.41) is 2.61. The minimum atomic E-state index is -0.142. The van der Waals surface area contributed by atoms with Crippen LogP contribution in [0.2, 0.25) is 0 Å². The summed E-state index contributed by atoms with van der Waals surface area (Å²) >= 11 is 0. The third kappa shape index (κ3) is 4.72. The second-order valence-electron chi connectivity index (χ2n) is 6.74. The number of hydrogen-bond donors (Lipinski definition) is 1. The molecule has 0 aliphatic carbocycles. The molecule has 2 amide bonds. The first-order valence-corrected chi connectivity index (χ1v) is 9.08. The van der Waals surface area contributed by atoms with Crippen LogP contribution in [0.5, 0.6) is 0 Å². The second kappa shape index (κ2) is 9.18. The van der Waals surface area contributed by atoms with Gasteiger partial charge in [0.2, 0.25) is 5.91 Å². The van der Waals surface area contributed by atoms with Crippen LogP contribution in [0.1, 0.15) is 47.7 Å². The Morgan fingerprint density at radius 1 is 1.04 bits per heavy atom. The normalized spacial score (nSPS) is 12.9. The molecule has 0 saturated carbocycles. The van der Waals surface area contributed by atoms with E-state index in [2.05, 4.69) is 19.2 Å². The smallest absolute Gasteiger partial charge is 0.251 e. The Morgan fingerprint density at radius 3 is 2.19 bits per heavy atom. The number of amides is 2. The molecule has 0 aromatic heterocycles. The lowest BCUT2D eigenvalue weighted by Crippen LogP contribution is -2.34. The van der Waals surface area contributed by atoms with Crippen LogP contribution in [0.4, 0.5) is 0 Å². The van der Waals surface area contributed by atoms with E-state index in [9.17, 15) is 9.59 Å². The molecule has 0 aliphatic rings. The first kappa shape index (κ1) is 19.7. The van der Waals surface area contributed by atoms with Crippen molar-refractivity contribution in [1.82, 2.24) is 10.2 Å². The van der Waals surface area contributed by atoms with Gasteiger partial charge in [-0.2, -0.15) is 0 Å². The first-order chi connectivity index (χ1) is 12.5. The van der Waals surface area contributed by atoms with Gasteiger partial charge in [-0.3, -0.25) is 9.59 Å². The van der Waals surface area contributed by atoms with Gasteiger partial charge in [-0.05, 0) is 29.2 Å². The molecule has 2 aromatic carbocycles. The maximum Gasteiger partial charge on any atom is 0.251 e. The molecule has 0 fully saturated rings. The molecule has 138 valence electrons. The molecule has 26 heavy (non-hydrogen) atoms. The Balaban J connectivity index is 2.14. The number of benzene rings is 2. The third-order valence-electron chi connectivity index (χ3n) is 4.88. The Bertz CT molecular complexity index is 726. The van der Waals surface area contributed by atoms with Gasteiger partial charge in [0, 0.05) is 26.2 Å². The topological polar surface area (TPSA) is 49.4 Å². The second-order valence-corrected chi connectivity index (χ2v) is 6.74. The molecule has 1 N–H and O–H groups in total. The summed E-state index contributed by atoms with van der Waals surface area (Å²) < 4.78 is 0. The molecule has 0 radical (unpaired) electrons. The van der Waals surface area contributed by atoms with Crippen molar-refractivity contribution in [2.45, 2.75) is 32.7 Å². The summed E-state index contributed by atoms with van der Waals surface area (Å²) in [5.74, 6) is 0.141. The van der Waals surface area contributed by atoms with Crippen LogP contribution in [0.3, 0.4) is 0 Å². The van der Waals surface area contributed by atoms with Crippen molar-refractivity contribution in [3.8, 4) is 0 Å². The van der Waals surface area contributed by atoms with Crippen LogP contribution in [0, 0.1) is 5.92 Å². The molecule has 0 bridgehead atoms. The van der Waals surface area contributed by atoms with Gasteiger partial charge in [0.05, 0.1) is 5.92 Å². The van der Waals surface area contributed by atoms with Crippen LogP contribution < -0.4 is 5.32 Å². The molecule has 4 nitrogen and oxygen atoms in total. The van der Waals surface area contributed by atoms with E-state index in [0.717, 1.165) is 17.5 Å². The van der Waals surface area contributed by atoms with Crippen LogP contribution in [-0.2, 0) is 11.3 Å². The van der Waals surface area contributed by atoms with Crippen molar-refractivity contribution in [3.05, 3.63) is 71.3 Å². The molecule has 2 atom stereocenters. The van der Waals surface area contributed by atoms with E-state index in [1.165, 1.54) is 0 Å². The van der Waals surface area contributed by atoms with Crippen molar-refractivity contribution >= 4 is 11.8 Å². The highest BCUT2D eigenvalue weighted by Crippen LogP contribution is 2.29. The molecule has 0 saturated heterocycles. The largest absolute Gasteiger partial charge is 0.355 e. The van der Waals surface area contributed by atoms with Crippen LogP contribution in [0.15, 0.2) is 54.6 Å². The van der Waals surface area contributed by atoms with E-state index in [4.69, 9.17) is 0 Å². The third-order valence-corrected chi connectivity index (χ3v) is 4.88. The number of carbonyl (C=O) groups excluding carboxylic acids is 2. The summed E-state index contributed by atoms with van der Waals surface area (Å²) in [6.45, 7) is 4.76. The summed E-state index contributed by atoms with van der Waals surface area (Å²) in [6, 6.07) is 17.4. The standard InChI is InChI=1S/C22H28N2O2/c1-5-16(2)20(18-9-7-6-8-10-18)22(26)24(4)15-17-11-13-19(14-12-17)21(25)23-3/h6-14,16,20H,5,15H2,1-4H3,(H,23,25)/t16-,20+/m1/s1. The van der Waals surface area contributed by atoms with Crippen LogP contribution >= 0.6 is 0 Å². The van der Waals surface area contributed by atoms with Crippen LogP contribution in [-0.4, -0.2) is 30.8 Å². The highest BCUT2D eigenvalue weighted by Gasteiger charge is 2.28. The van der Waals surface area contributed by atoms with Crippen molar-refractivity contribution in [3.63, 3.8) is 0 Å². The van der Waals surface area contributed by atoms with Gasteiger partial charge in [-0.25, -0.2) is 0 Å². The molecule has 2 rings (SSSR count). The van der Waals surface area contributed by atoms with Crippen molar-refractivity contribution in [1.29, 1.82) is 0 Å². The molecule has 2 aromatic rings. The predicted molar refractivity (Wildman–Crippen MR) is 105 cm³/mol. The fourth-order valence-corrected chi connectivity index (χ4v) is 3.11. The van der Waals surface area contributed by atoms with Crippen molar-refractivity contribution < 1.29 is 9.59 Å². The van der Waals surface area contributed by atoms with E-state index in [-0.39, 0.29) is 23.7 Å². The number of nitrogens with one attached hydrogen (secondary N) is 1. The highest BCUT2D eigenvalue weighted by atomic mass is 16.2. The maximum atomic E-state index is 13.1.